The van der Waals surface area contributed by atoms with Crippen molar-refractivity contribution in [2.75, 3.05) is 19.8 Å². The maximum absolute atomic E-state index is 12.0. The maximum atomic E-state index is 12.0. The zero-order valence-electron chi connectivity index (χ0n) is 20.3. The van der Waals surface area contributed by atoms with Crippen LogP contribution >= 0.6 is 0 Å². The van der Waals surface area contributed by atoms with Gasteiger partial charge in [-0.15, -0.1) is 0 Å². The van der Waals surface area contributed by atoms with Crippen LogP contribution < -0.4 is 10.6 Å². The largest absolute Gasteiger partial charge is 0.394 e. The molecular formula is C24H38N2O10. The van der Waals surface area contributed by atoms with Gasteiger partial charge in [0.05, 0.1) is 25.4 Å². The molecule has 1 fully saturated rings. The molecule has 1 aliphatic rings. The van der Waals surface area contributed by atoms with Crippen molar-refractivity contribution >= 4 is 11.8 Å². The molecule has 0 radical (unpaired) electrons. The summed E-state index contributed by atoms with van der Waals surface area (Å²) in [4.78, 5) is 23.6. The van der Waals surface area contributed by atoms with Crippen molar-refractivity contribution in [2.45, 2.75) is 81.6 Å². The first kappa shape index (κ1) is 30.1. The molecule has 8 atom stereocenters. The van der Waals surface area contributed by atoms with Gasteiger partial charge in [-0.25, -0.2) is 0 Å². The highest BCUT2D eigenvalue weighted by molar-refractivity contribution is 5.75. The summed E-state index contributed by atoms with van der Waals surface area (Å²) < 4.78 is 10.6. The van der Waals surface area contributed by atoms with Gasteiger partial charge >= 0.3 is 0 Å². The van der Waals surface area contributed by atoms with Gasteiger partial charge in [-0.05, 0) is 24.8 Å². The Labute approximate surface area is 209 Å². The van der Waals surface area contributed by atoms with E-state index in [1.165, 1.54) is 6.92 Å². The molecular weight excluding hydrogens is 476 g/mol. The van der Waals surface area contributed by atoms with Crippen LogP contribution in [0.5, 0.6) is 0 Å². The molecule has 1 heterocycles. The second-order valence-electron chi connectivity index (χ2n) is 8.87. The lowest BCUT2D eigenvalue weighted by Gasteiger charge is -2.40. The highest BCUT2D eigenvalue weighted by Crippen LogP contribution is 2.22. The van der Waals surface area contributed by atoms with Crippen molar-refractivity contribution in [3.8, 4) is 0 Å². The predicted molar refractivity (Wildman–Crippen MR) is 126 cm³/mol. The number of rotatable bonds is 14. The van der Waals surface area contributed by atoms with E-state index in [0.29, 0.717) is 13.0 Å². The van der Waals surface area contributed by atoms with Gasteiger partial charge in [0.2, 0.25) is 11.8 Å². The summed E-state index contributed by atoms with van der Waals surface area (Å²) in [5, 5.41) is 65.3. The van der Waals surface area contributed by atoms with Crippen molar-refractivity contribution in [2.24, 2.45) is 0 Å². The molecule has 1 aromatic carbocycles. The number of hydrogen-bond acceptors (Lipinski definition) is 10. The Morgan fingerprint density at radius 2 is 1.78 bits per heavy atom. The number of hydrogen-bond donors (Lipinski definition) is 8. The zero-order valence-corrected chi connectivity index (χ0v) is 20.3. The topological polar surface area (TPSA) is 198 Å². The molecule has 12 heteroatoms. The van der Waals surface area contributed by atoms with Crippen LogP contribution in [-0.4, -0.2) is 111 Å². The normalized spacial score (nSPS) is 26.6. The summed E-state index contributed by atoms with van der Waals surface area (Å²) in [7, 11) is 0. The predicted octanol–water partition coefficient (Wildman–Crippen LogP) is -2.44. The van der Waals surface area contributed by atoms with E-state index in [1.807, 2.05) is 30.3 Å². The van der Waals surface area contributed by atoms with Gasteiger partial charge in [0.1, 0.15) is 30.5 Å². The molecule has 12 nitrogen and oxygen atoms in total. The van der Waals surface area contributed by atoms with Gasteiger partial charge in [-0.2, -0.15) is 0 Å². The smallest absolute Gasteiger partial charge is 0.220 e. The third-order valence-electron chi connectivity index (χ3n) is 5.97. The van der Waals surface area contributed by atoms with Crippen molar-refractivity contribution < 1.29 is 49.7 Å². The number of carbonyl (C=O) groups excluding carboxylic acids is 2. The molecule has 1 saturated heterocycles. The minimum Gasteiger partial charge on any atom is -0.394 e. The number of benzene rings is 1. The SMILES string of the molecule is CC(=O)N[C@@H](CO[C@H]1OC(CO)[C@H](O)C(O)[C@@H]1O)[C@H](O)[C@H](O)CCCC(=O)NCCc1ccccc1. The first-order valence-corrected chi connectivity index (χ1v) is 12.0. The van der Waals surface area contributed by atoms with E-state index in [1.54, 1.807) is 0 Å². The second-order valence-corrected chi connectivity index (χ2v) is 8.87. The average Bonchev–Trinajstić information content (AvgIpc) is 2.86. The Morgan fingerprint density at radius 1 is 1.08 bits per heavy atom. The Morgan fingerprint density at radius 3 is 2.42 bits per heavy atom. The van der Waals surface area contributed by atoms with Gasteiger partial charge in [0, 0.05) is 19.9 Å². The van der Waals surface area contributed by atoms with Gasteiger partial charge in [-0.3, -0.25) is 9.59 Å². The Kier molecular flexibility index (Phi) is 12.7. The molecule has 36 heavy (non-hydrogen) atoms. The van der Waals surface area contributed by atoms with E-state index >= 15 is 0 Å². The molecule has 2 rings (SSSR count). The summed E-state index contributed by atoms with van der Waals surface area (Å²) >= 11 is 0. The molecule has 204 valence electrons. The molecule has 1 aliphatic heterocycles. The monoisotopic (exact) mass is 514 g/mol. The summed E-state index contributed by atoms with van der Waals surface area (Å²) in [5.74, 6) is -0.696. The summed E-state index contributed by atoms with van der Waals surface area (Å²) in [6.45, 7) is 0.634. The average molecular weight is 515 g/mol. The fourth-order valence-corrected chi connectivity index (χ4v) is 3.88. The van der Waals surface area contributed by atoms with Gasteiger partial charge < -0.3 is 50.7 Å². The number of ether oxygens (including phenoxy) is 2. The number of aliphatic hydroxyl groups excluding tert-OH is 6. The van der Waals surface area contributed by atoms with Crippen LogP contribution in [0.4, 0.5) is 0 Å². The lowest BCUT2D eigenvalue weighted by molar-refractivity contribution is -0.303. The molecule has 2 amide bonds. The maximum Gasteiger partial charge on any atom is 0.220 e. The minimum atomic E-state index is -1.65. The number of aliphatic hydroxyl groups is 6. The van der Waals surface area contributed by atoms with Crippen LogP contribution in [-0.2, 0) is 25.5 Å². The number of amides is 2. The standard InChI is InChI=1S/C24H38N2O10/c1-14(28)26-16(13-35-24-23(34)22(33)21(32)18(12-27)36-24)20(31)17(29)8-5-9-19(30)25-11-10-15-6-3-2-4-7-15/h2-4,6-7,16-18,20-24,27,29,31-34H,5,8-13H2,1H3,(H,25,30)(H,26,28)/t16-,17+,18?,20-,21-,22?,23-,24-/m0/s1. The van der Waals surface area contributed by atoms with Crippen molar-refractivity contribution in [3.05, 3.63) is 35.9 Å². The Balaban J connectivity index is 1.79. The third-order valence-corrected chi connectivity index (χ3v) is 5.97. The fraction of sp³-hybridized carbons (Fsp3) is 0.667. The van der Waals surface area contributed by atoms with Crippen LogP contribution in [0.15, 0.2) is 30.3 Å². The molecule has 0 aromatic heterocycles. The molecule has 0 bridgehead atoms. The number of nitrogens with one attached hydrogen (secondary N) is 2. The highest BCUT2D eigenvalue weighted by atomic mass is 16.7. The summed E-state index contributed by atoms with van der Waals surface area (Å²) in [6.07, 6.45) is -9.05. The summed E-state index contributed by atoms with van der Waals surface area (Å²) in [5.41, 5.74) is 1.10. The zero-order chi connectivity index (χ0) is 26.7. The van der Waals surface area contributed by atoms with Crippen molar-refractivity contribution in [1.29, 1.82) is 0 Å². The van der Waals surface area contributed by atoms with Crippen LogP contribution in [0.2, 0.25) is 0 Å². The van der Waals surface area contributed by atoms with Crippen molar-refractivity contribution in [1.82, 2.24) is 10.6 Å². The molecule has 0 spiro atoms. The van der Waals surface area contributed by atoms with Crippen LogP contribution in [0.1, 0.15) is 31.7 Å². The quantitative estimate of drug-likeness (QED) is 0.132. The van der Waals surface area contributed by atoms with E-state index in [2.05, 4.69) is 10.6 Å². The minimum absolute atomic E-state index is 0.0728. The van der Waals surface area contributed by atoms with Gasteiger partial charge in [0.15, 0.2) is 6.29 Å². The molecule has 0 aliphatic carbocycles. The molecule has 0 saturated carbocycles. The van der Waals surface area contributed by atoms with Crippen LogP contribution in [0, 0.1) is 0 Å². The third kappa shape index (κ3) is 9.37. The van der Waals surface area contributed by atoms with Crippen molar-refractivity contribution in [3.63, 3.8) is 0 Å². The van der Waals surface area contributed by atoms with Gasteiger partial charge in [0.25, 0.3) is 0 Å². The first-order valence-electron chi connectivity index (χ1n) is 12.0. The molecule has 1 aromatic rings. The number of carbonyl (C=O) groups is 2. The highest BCUT2D eigenvalue weighted by Gasteiger charge is 2.44. The molecule has 2 unspecified atom stereocenters. The van der Waals surface area contributed by atoms with Crippen LogP contribution in [0.3, 0.4) is 0 Å². The lowest BCUT2D eigenvalue weighted by atomic mass is 9.99. The van der Waals surface area contributed by atoms with E-state index < -0.39 is 68.1 Å². The van der Waals surface area contributed by atoms with Crippen LogP contribution in [0.25, 0.3) is 0 Å². The lowest BCUT2D eigenvalue weighted by Crippen LogP contribution is -2.60. The summed E-state index contributed by atoms with van der Waals surface area (Å²) in [6, 6.07) is 8.59. The van der Waals surface area contributed by atoms with E-state index in [4.69, 9.17) is 9.47 Å². The Hall–Kier alpha value is -2.16. The molecule has 8 N–H and O–H groups in total. The second kappa shape index (κ2) is 15.2. The van der Waals surface area contributed by atoms with Gasteiger partial charge in [-0.1, -0.05) is 30.3 Å². The van der Waals surface area contributed by atoms with E-state index in [0.717, 1.165) is 5.56 Å². The fourth-order valence-electron chi connectivity index (χ4n) is 3.88. The Bertz CT molecular complexity index is 796. The first-order chi connectivity index (χ1) is 17.1. The van der Waals surface area contributed by atoms with E-state index in [9.17, 15) is 40.2 Å². The van der Waals surface area contributed by atoms with E-state index in [-0.39, 0.29) is 25.2 Å².